The van der Waals surface area contributed by atoms with Crippen molar-refractivity contribution in [2.75, 3.05) is 11.9 Å². The standard InChI is InChI=1S/C15H16ClFN2O/c1-2-7-18-11-6-8-19-12(9-11)10-20-14-5-3-4-13(16)15(14)17/h3-6,8-9H,2,7,10H2,1H3,(H,18,19). The first kappa shape index (κ1) is 14.6. The summed E-state index contributed by atoms with van der Waals surface area (Å²) in [6.07, 6.45) is 2.74. The van der Waals surface area contributed by atoms with E-state index in [-0.39, 0.29) is 17.4 Å². The lowest BCUT2D eigenvalue weighted by atomic mass is 10.3. The van der Waals surface area contributed by atoms with E-state index in [9.17, 15) is 4.39 Å². The number of rotatable bonds is 6. The molecule has 0 radical (unpaired) electrons. The second-order valence-electron chi connectivity index (χ2n) is 4.30. The van der Waals surface area contributed by atoms with Crippen LogP contribution in [0.1, 0.15) is 19.0 Å². The Balaban J connectivity index is 2.01. The van der Waals surface area contributed by atoms with Crippen molar-refractivity contribution in [3.05, 3.63) is 53.1 Å². The van der Waals surface area contributed by atoms with E-state index in [1.807, 2.05) is 12.1 Å². The van der Waals surface area contributed by atoms with E-state index in [1.54, 1.807) is 18.3 Å². The van der Waals surface area contributed by atoms with E-state index in [1.165, 1.54) is 6.07 Å². The number of hydrogen-bond donors (Lipinski definition) is 1. The van der Waals surface area contributed by atoms with Crippen molar-refractivity contribution in [2.24, 2.45) is 0 Å². The number of aromatic nitrogens is 1. The Morgan fingerprint density at radius 1 is 1.35 bits per heavy atom. The topological polar surface area (TPSA) is 34.2 Å². The molecule has 0 aliphatic heterocycles. The summed E-state index contributed by atoms with van der Waals surface area (Å²) in [5.74, 6) is -0.416. The molecule has 3 nitrogen and oxygen atoms in total. The van der Waals surface area contributed by atoms with Crippen molar-refractivity contribution in [3.63, 3.8) is 0 Å². The molecule has 1 heterocycles. The summed E-state index contributed by atoms with van der Waals surface area (Å²) in [5.41, 5.74) is 1.71. The Labute approximate surface area is 122 Å². The van der Waals surface area contributed by atoms with Crippen molar-refractivity contribution in [1.29, 1.82) is 0 Å². The van der Waals surface area contributed by atoms with E-state index in [0.29, 0.717) is 0 Å². The van der Waals surface area contributed by atoms with Gasteiger partial charge < -0.3 is 10.1 Å². The molecule has 1 N–H and O–H groups in total. The molecule has 1 aromatic carbocycles. The summed E-state index contributed by atoms with van der Waals surface area (Å²) in [6, 6.07) is 8.45. The molecule has 106 valence electrons. The Morgan fingerprint density at radius 3 is 3.00 bits per heavy atom. The molecule has 0 bridgehead atoms. The molecule has 0 spiro atoms. The largest absolute Gasteiger partial charge is 0.484 e. The molecular weight excluding hydrogens is 279 g/mol. The molecule has 0 unspecified atom stereocenters. The molecule has 5 heteroatoms. The third-order valence-electron chi connectivity index (χ3n) is 2.69. The number of nitrogens with one attached hydrogen (secondary N) is 1. The Morgan fingerprint density at radius 2 is 2.20 bits per heavy atom. The van der Waals surface area contributed by atoms with Crippen LogP contribution in [0, 0.1) is 5.82 Å². The molecule has 0 fully saturated rings. The fraction of sp³-hybridized carbons (Fsp3) is 0.267. The lowest BCUT2D eigenvalue weighted by Gasteiger charge is -2.09. The third-order valence-corrected chi connectivity index (χ3v) is 2.98. The van der Waals surface area contributed by atoms with Crippen LogP contribution in [0.5, 0.6) is 5.75 Å². The molecule has 20 heavy (non-hydrogen) atoms. The summed E-state index contributed by atoms with van der Waals surface area (Å²) >= 11 is 5.70. The van der Waals surface area contributed by atoms with Crippen LogP contribution in [0.3, 0.4) is 0 Å². The monoisotopic (exact) mass is 294 g/mol. The van der Waals surface area contributed by atoms with Gasteiger partial charge in [0.2, 0.25) is 0 Å². The van der Waals surface area contributed by atoms with Gasteiger partial charge in [-0.05, 0) is 30.7 Å². The highest BCUT2D eigenvalue weighted by Crippen LogP contribution is 2.24. The fourth-order valence-corrected chi connectivity index (χ4v) is 1.85. The Bertz CT molecular complexity index is 578. The molecule has 2 rings (SSSR count). The smallest absolute Gasteiger partial charge is 0.183 e. The minimum absolute atomic E-state index is 0.0498. The lowest BCUT2D eigenvalue weighted by molar-refractivity contribution is 0.286. The van der Waals surface area contributed by atoms with E-state index >= 15 is 0 Å². The van der Waals surface area contributed by atoms with Gasteiger partial charge >= 0.3 is 0 Å². The first-order valence-electron chi connectivity index (χ1n) is 6.46. The van der Waals surface area contributed by atoms with Gasteiger partial charge in [-0.2, -0.15) is 0 Å². The summed E-state index contributed by atoms with van der Waals surface area (Å²) in [7, 11) is 0. The van der Waals surface area contributed by atoms with Gasteiger partial charge in [0.05, 0.1) is 10.7 Å². The Hall–Kier alpha value is -1.81. The van der Waals surface area contributed by atoms with Crippen LogP contribution < -0.4 is 10.1 Å². The van der Waals surface area contributed by atoms with Crippen LogP contribution in [-0.2, 0) is 6.61 Å². The first-order chi connectivity index (χ1) is 9.70. The zero-order valence-electron chi connectivity index (χ0n) is 11.2. The summed E-state index contributed by atoms with van der Waals surface area (Å²) in [6.45, 7) is 3.19. The van der Waals surface area contributed by atoms with E-state index in [4.69, 9.17) is 16.3 Å². The van der Waals surface area contributed by atoms with Crippen molar-refractivity contribution >= 4 is 17.3 Å². The van der Waals surface area contributed by atoms with Gasteiger partial charge in [0.15, 0.2) is 11.6 Å². The van der Waals surface area contributed by atoms with Crippen molar-refractivity contribution in [3.8, 4) is 5.75 Å². The summed E-state index contributed by atoms with van der Waals surface area (Å²) in [5, 5.41) is 3.31. The fourth-order valence-electron chi connectivity index (χ4n) is 1.68. The number of nitrogens with zero attached hydrogens (tertiary/aromatic N) is 1. The SMILES string of the molecule is CCCNc1ccnc(COc2cccc(Cl)c2F)c1. The van der Waals surface area contributed by atoms with Crippen LogP contribution in [0.25, 0.3) is 0 Å². The molecule has 0 atom stereocenters. The van der Waals surface area contributed by atoms with E-state index in [0.717, 1.165) is 24.3 Å². The molecule has 0 amide bonds. The van der Waals surface area contributed by atoms with Gasteiger partial charge in [0.1, 0.15) is 6.61 Å². The number of benzene rings is 1. The highest BCUT2D eigenvalue weighted by molar-refractivity contribution is 6.30. The molecule has 1 aromatic heterocycles. The predicted molar refractivity (Wildman–Crippen MR) is 78.8 cm³/mol. The minimum atomic E-state index is -0.547. The lowest BCUT2D eigenvalue weighted by Crippen LogP contribution is -2.03. The van der Waals surface area contributed by atoms with Gasteiger partial charge in [0, 0.05) is 18.4 Å². The zero-order valence-corrected chi connectivity index (χ0v) is 12.0. The van der Waals surface area contributed by atoms with Gasteiger partial charge in [0.25, 0.3) is 0 Å². The molecule has 2 aromatic rings. The second-order valence-corrected chi connectivity index (χ2v) is 4.71. The highest BCUT2D eigenvalue weighted by Gasteiger charge is 2.07. The average molecular weight is 295 g/mol. The van der Waals surface area contributed by atoms with Crippen LogP contribution in [0.2, 0.25) is 5.02 Å². The second kappa shape index (κ2) is 7.10. The summed E-state index contributed by atoms with van der Waals surface area (Å²) < 4.78 is 19.1. The quantitative estimate of drug-likeness (QED) is 0.863. The average Bonchev–Trinajstić information content (AvgIpc) is 2.47. The van der Waals surface area contributed by atoms with Crippen LogP contribution >= 0.6 is 11.6 Å². The molecule has 0 saturated heterocycles. The summed E-state index contributed by atoms with van der Waals surface area (Å²) in [4.78, 5) is 4.19. The van der Waals surface area contributed by atoms with Crippen LogP contribution in [0.4, 0.5) is 10.1 Å². The first-order valence-corrected chi connectivity index (χ1v) is 6.84. The van der Waals surface area contributed by atoms with Gasteiger partial charge in [-0.1, -0.05) is 24.6 Å². The number of pyridine rings is 1. The van der Waals surface area contributed by atoms with Crippen LogP contribution in [-0.4, -0.2) is 11.5 Å². The maximum Gasteiger partial charge on any atom is 0.183 e. The third kappa shape index (κ3) is 3.84. The molecule has 0 saturated carbocycles. The van der Waals surface area contributed by atoms with Crippen molar-refractivity contribution in [2.45, 2.75) is 20.0 Å². The van der Waals surface area contributed by atoms with E-state index in [2.05, 4.69) is 17.2 Å². The maximum atomic E-state index is 13.7. The number of anilines is 1. The molecular formula is C15H16ClFN2O. The van der Waals surface area contributed by atoms with Gasteiger partial charge in [-0.25, -0.2) is 4.39 Å². The molecule has 0 aliphatic rings. The van der Waals surface area contributed by atoms with E-state index < -0.39 is 5.82 Å². The molecule has 0 aliphatic carbocycles. The Kier molecular flexibility index (Phi) is 5.18. The van der Waals surface area contributed by atoms with Gasteiger partial charge in [-0.15, -0.1) is 0 Å². The van der Waals surface area contributed by atoms with Crippen LogP contribution in [0.15, 0.2) is 36.5 Å². The van der Waals surface area contributed by atoms with Gasteiger partial charge in [-0.3, -0.25) is 4.98 Å². The van der Waals surface area contributed by atoms with Crippen molar-refractivity contribution < 1.29 is 9.13 Å². The zero-order chi connectivity index (χ0) is 14.4. The minimum Gasteiger partial charge on any atom is -0.484 e. The number of halogens is 2. The normalized spacial score (nSPS) is 10.3. The maximum absolute atomic E-state index is 13.7. The van der Waals surface area contributed by atoms with Crippen molar-refractivity contribution in [1.82, 2.24) is 4.98 Å². The number of hydrogen-bond acceptors (Lipinski definition) is 3. The predicted octanol–water partition coefficient (Wildman–Crippen LogP) is 4.28. The number of ether oxygens (including phenoxy) is 1. The highest BCUT2D eigenvalue weighted by atomic mass is 35.5.